The van der Waals surface area contributed by atoms with Crippen LogP contribution in [0.3, 0.4) is 0 Å². The number of rotatable bonds is 4. The Morgan fingerprint density at radius 1 is 1.48 bits per heavy atom. The lowest BCUT2D eigenvalue weighted by Gasteiger charge is -2.54. The van der Waals surface area contributed by atoms with Crippen LogP contribution in [0.1, 0.15) is 26.7 Å². The average molecular weight is 297 g/mol. The van der Waals surface area contributed by atoms with E-state index in [1.165, 1.54) is 18.9 Å². The summed E-state index contributed by atoms with van der Waals surface area (Å²) in [5.74, 6) is -0.586. The quantitative estimate of drug-likeness (QED) is 0.648. The molecule has 2 N–H and O–H groups in total. The van der Waals surface area contributed by atoms with Crippen LogP contribution < -0.4 is 5.32 Å². The molecular formula is C14H23N3O4. The van der Waals surface area contributed by atoms with Gasteiger partial charge in [-0.25, -0.2) is 0 Å². The van der Waals surface area contributed by atoms with Gasteiger partial charge in [0.2, 0.25) is 17.7 Å². The van der Waals surface area contributed by atoms with Crippen LogP contribution in [0.2, 0.25) is 0 Å². The zero-order valence-electron chi connectivity index (χ0n) is 12.8. The smallest absolute Gasteiger partial charge is 0.245 e. The molecule has 2 aliphatic rings. The first kappa shape index (κ1) is 15.8. The summed E-state index contributed by atoms with van der Waals surface area (Å²) in [7, 11) is 1.47. The SMILES string of the molecule is CCN1CCC2(CC1=O)CN([C@H](C(=O)NC)[C@@H](C)O)C2=O. The highest BCUT2D eigenvalue weighted by Gasteiger charge is 2.58. The molecule has 3 atom stereocenters. The van der Waals surface area contributed by atoms with Crippen LogP contribution in [0.4, 0.5) is 0 Å². The number of nitrogens with zero attached hydrogens (tertiary/aromatic N) is 2. The van der Waals surface area contributed by atoms with Gasteiger partial charge in [0.05, 0.1) is 11.5 Å². The first-order valence-corrected chi connectivity index (χ1v) is 7.35. The molecule has 2 aliphatic heterocycles. The van der Waals surface area contributed by atoms with Gasteiger partial charge in [0.25, 0.3) is 0 Å². The zero-order chi connectivity index (χ0) is 15.8. The summed E-state index contributed by atoms with van der Waals surface area (Å²) in [4.78, 5) is 39.5. The van der Waals surface area contributed by atoms with Gasteiger partial charge >= 0.3 is 0 Å². The molecule has 2 saturated heterocycles. The fourth-order valence-corrected chi connectivity index (χ4v) is 3.29. The minimum atomic E-state index is -0.947. The molecule has 3 amide bonds. The zero-order valence-corrected chi connectivity index (χ0v) is 12.8. The van der Waals surface area contributed by atoms with Crippen LogP contribution in [0.5, 0.6) is 0 Å². The van der Waals surface area contributed by atoms with E-state index in [4.69, 9.17) is 0 Å². The van der Waals surface area contributed by atoms with Gasteiger partial charge in [-0.1, -0.05) is 0 Å². The van der Waals surface area contributed by atoms with E-state index in [0.717, 1.165) is 0 Å². The fourth-order valence-electron chi connectivity index (χ4n) is 3.29. The molecule has 2 fully saturated rings. The van der Waals surface area contributed by atoms with Gasteiger partial charge in [-0.15, -0.1) is 0 Å². The van der Waals surface area contributed by atoms with Crippen molar-refractivity contribution in [1.82, 2.24) is 15.1 Å². The van der Waals surface area contributed by atoms with Crippen molar-refractivity contribution in [1.29, 1.82) is 0 Å². The largest absolute Gasteiger partial charge is 0.391 e. The first-order chi connectivity index (χ1) is 9.86. The van der Waals surface area contributed by atoms with E-state index in [-0.39, 0.29) is 24.1 Å². The van der Waals surface area contributed by atoms with E-state index in [1.807, 2.05) is 6.92 Å². The number of aliphatic hydroxyl groups is 1. The minimum absolute atomic E-state index is 0.00899. The van der Waals surface area contributed by atoms with Gasteiger partial charge in [-0.05, 0) is 20.3 Å². The van der Waals surface area contributed by atoms with Crippen molar-refractivity contribution < 1.29 is 19.5 Å². The Morgan fingerprint density at radius 3 is 2.57 bits per heavy atom. The van der Waals surface area contributed by atoms with Crippen molar-refractivity contribution >= 4 is 17.7 Å². The molecule has 2 heterocycles. The number of hydrogen-bond acceptors (Lipinski definition) is 4. The molecule has 0 saturated carbocycles. The Bertz CT molecular complexity index is 465. The van der Waals surface area contributed by atoms with Crippen LogP contribution >= 0.6 is 0 Å². The Morgan fingerprint density at radius 2 is 2.14 bits per heavy atom. The third kappa shape index (κ3) is 2.50. The lowest BCUT2D eigenvalue weighted by atomic mass is 9.69. The van der Waals surface area contributed by atoms with E-state index < -0.39 is 17.6 Å². The molecule has 7 heteroatoms. The van der Waals surface area contributed by atoms with Gasteiger partial charge in [-0.3, -0.25) is 14.4 Å². The summed E-state index contributed by atoms with van der Waals surface area (Å²) in [5.41, 5.74) is -0.663. The number of amides is 3. The average Bonchev–Trinajstić information content (AvgIpc) is 2.46. The highest BCUT2D eigenvalue weighted by Crippen LogP contribution is 2.43. The number of likely N-dealkylation sites (tertiary alicyclic amines) is 2. The van der Waals surface area contributed by atoms with Crippen molar-refractivity contribution in [3.63, 3.8) is 0 Å². The minimum Gasteiger partial charge on any atom is -0.391 e. The monoisotopic (exact) mass is 297 g/mol. The van der Waals surface area contributed by atoms with Crippen molar-refractivity contribution in [3.05, 3.63) is 0 Å². The number of carbonyl (C=O) groups is 3. The molecule has 0 aliphatic carbocycles. The normalized spacial score (nSPS) is 28.4. The van der Waals surface area contributed by atoms with Gasteiger partial charge in [0.1, 0.15) is 6.04 Å². The topological polar surface area (TPSA) is 90.0 Å². The second kappa shape index (κ2) is 5.63. The van der Waals surface area contributed by atoms with E-state index >= 15 is 0 Å². The number of likely N-dealkylation sites (N-methyl/N-ethyl adjacent to an activating group) is 1. The van der Waals surface area contributed by atoms with Crippen LogP contribution in [0, 0.1) is 5.41 Å². The Balaban J connectivity index is 2.09. The Kier molecular flexibility index (Phi) is 4.22. The van der Waals surface area contributed by atoms with Gasteiger partial charge < -0.3 is 20.2 Å². The molecule has 0 radical (unpaired) electrons. The molecule has 21 heavy (non-hydrogen) atoms. The van der Waals surface area contributed by atoms with Gasteiger partial charge in [0.15, 0.2) is 0 Å². The van der Waals surface area contributed by atoms with Crippen LogP contribution in [-0.2, 0) is 14.4 Å². The Hall–Kier alpha value is -1.63. The number of piperidine rings is 1. The predicted octanol–water partition coefficient (Wildman–Crippen LogP) is -1.05. The standard InChI is InChI=1S/C14H23N3O4/c1-4-16-6-5-14(7-10(16)19)8-17(13(14)21)11(9(2)18)12(20)15-3/h9,11,18H,4-8H2,1-3H3,(H,15,20)/t9-,11+,14?/m1/s1. The van der Waals surface area contributed by atoms with Crippen molar-refractivity contribution in [3.8, 4) is 0 Å². The highest BCUT2D eigenvalue weighted by atomic mass is 16.3. The molecule has 7 nitrogen and oxygen atoms in total. The summed E-state index contributed by atoms with van der Waals surface area (Å²) < 4.78 is 0. The van der Waals surface area contributed by atoms with Crippen LogP contribution in [0.25, 0.3) is 0 Å². The number of hydrogen-bond donors (Lipinski definition) is 2. The number of nitrogens with one attached hydrogen (secondary N) is 1. The molecule has 0 aromatic heterocycles. The maximum Gasteiger partial charge on any atom is 0.245 e. The maximum atomic E-state index is 12.5. The summed E-state index contributed by atoms with van der Waals surface area (Å²) in [6, 6.07) is -0.882. The summed E-state index contributed by atoms with van der Waals surface area (Å²) in [5, 5.41) is 12.2. The molecule has 2 rings (SSSR count). The van der Waals surface area contributed by atoms with Gasteiger partial charge in [0, 0.05) is 33.1 Å². The van der Waals surface area contributed by atoms with Gasteiger partial charge in [-0.2, -0.15) is 0 Å². The lowest BCUT2D eigenvalue weighted by molar-refractivity contribution is -0.179. The molecule has 0 bridgehead atoms. The molecule has 0 aromatic rings. The van der Waals surface area contributed by atoms with E-state index in [2.05, 4.69) is 5.32 Å². The molecule has 0 aromatic carbocycles. The van der Waals surface area contributed by atoms with E-state index in [1.54, 1.807) is 4.90 Å². The summed E-state index contributed by atoms with van der Waals surface area (Å²) >= 11 is 0. The molecule has 1 spiro atoms. The molecular weight excluding hydrogens is 274 g/mol. The first-order valence-electron chi connectivity index (χ1n) is 7.35. The second-order valence-corrected chi connectivity index (χ2v) is 5.91. The maximum absolute atomic E-state index is 12.5. The third-order valence-corrected chi connectivity index (χ3v) is 4.58. The lowest BCUT2D eigenvalue weighted by Crippen LogP contribution is -2.71. The van der Waals surface area contributed by atoms with Crippen molar-refractivity contribution in [2.24, 2.45) is 5.41 Å². The number of carbonyl (C=O) groups excluding carboxylic acids is 3. The van der Waals surface area contributed by atoms with Crippen LogP contribution in [0.15, 0.2) is 0 Å². The number of aliphatic hydroxyl groups excluding tert-OH is 1. The van der Waals surface area contributed by atoms with E-state index in [9.17, 15) is 19.5 Å². The summed E-state index contributed by atoms with van der Waals surface area (Å²) in [6.45, 7) is 5.00. The Labute approximate surface area is 124 Å². The van der Waals surface area contributed by atoms with Crippen molar-refractivity contribution in [2.75, 3.05) is 26.7 Å². The third-order valence-electron chi connectivity index (χ3n) is 4.58. The molecule has 118 valence electrons. The summed E-state index contributed by atoms with van der Waals surface area (Å²) in [6.07, 6.45) is -0.115. The van der Waals surface area contributed by atoms with Crippen molar-refractivity contribution in [2.45, 2.75) is 38.8 Å². The van der Waals surface area contributed by atoms with E-state index in [0.29, 0.717) is 26.1 Å². The van der Waals surface area contributed by atoms with Crippen LogP contribution in [-0.4, -0.2) is 71.5 Å². The number of β-lactam (4-membered cyclic amide) rings is 1. The predicted molar refractivity (Wildman–Crippen MR) is 75.2 cm³/mol. The fraction of sp³-hybridized carbons (Fsp3) is 0.786. The second-order valence-electron chi connectivity index (χ2n) is 5.91. The molecule has 1 unspecified atom stereocenters. The highest BCUT2D eigenvalue weighted by molar-refractivity contribution is 5.98.